The molecule has 1 heteroatoms. The monoisotopic (exact) mass is 615 g/mol. The van der Waals surface area contributed by atoms with Crippen molar-refractivity contribution in [2.24, 2.45) is 11.3 Å². The van der Waals surface area contributed by atoms with Gasteiger partial charge in [-0.15, -0.1) is 0 Å². The molecule has 0 radical (unpaired) electrons. The molecule has 1 nitrogen and oxygen atoms in total. The van der Waals surface area contributed by atoms with Gasteiger partial charge in [-0.05, 0) is 95.6 Å². The van der Waals surface area contributed by atoms with Gasteiger partial charge >= 0.3 is 0 Å². The first-order valence-corrected chi connectivity index (χ1v) is 17.0. The van der Waals surface area contributed by atoms with Crippen LogP contribution in [0.3, 0.4) is 0 Å². The summed E-state index contributed by atoms with van der Waals surface area (Å²) in [4.78, 5) is 4.59. The molecule has 2 unspecified atom stereocenters. The molecule has 0 amide bonds. The summed E-state index contributed by atoms with van der Waals surface area (Å²) in [5.74, 6) is 0.663. The molecule has 1 aromatic heterocycles. The highest BCUT2D eigenvalue weighted by atomic mass is 14.7. The maximum Gasteiger partial charge on any atom is 0.0701 e. The molecule has 5 aromatic carbocycles. The summed E-state index contributed by atoms with van der Waals surface area (Å²) in [5, 5.41) is 2.55. The zero-order valence-electron chi connectivity index (χ0n) is 27.6. The first kappa shape index (κ1) is 28.7. The molecule has 2 atom stereocenters. The van der Waals surface area contributed by atoms with Crippen molar-refractivity contribution in [1.82, 2.24) is 4.98 Å². The van der Waals surface area contributed by atoms with E-state index in [1.165, 1.54) is 72.0 Å². The average molecular weight is 616 g/mol. The van der Waals surface area contributed by atoms with Crippen molar-refractivity contribution in [3.63, 3.8) is 0 Å². The van der Waals surface area contributed by atoms with E-state index in [4.69, 9.17) is 0 Å². The third-order valence-electron chi connectivity index (χ3n) is 10.4. The number of hydrogen-bond acceptors (Lipinski definition) is 1. The van der Waals surface area contributed by atoms with Crippen LogP contribution in [0.5, 0.6) is 0 Å². The molecule has 0 saturated carbocycles. The van der Waals surface area contributed by atoms with Crippen LogP contribution in [0.2, 0.25) is 0 Å². The lowest BCUT2D eigenvalue weighted by molar-refractivity contribution is 0.499. The number of pyridine rings is 1. The van der Waals surface area contributed by atoms with Crippen LogP contribution in [0.4, 0.5) is 0 Å². The quantitative estimate of drug-likeness (QED) is 0.192. The zero-order valence-corrected chi connectivity index (χ0v) is 27.6. The van der Waals surface area contributed by atoms with E-state index in [-0.39, 0.29) is 5.41 Å². The summed E-state index contributed by atoms with van der Waals surface area (Å²) in [6.45, 7) is 6.96. The Hall–Kier alpha value is -5.53. The molecule has 3 aliphatic carbocycles. The van der Waals surface area contributed by atoms with E-state index in [1.54, 1.807) is 0 Å². The first-order chi connectivity index (χ1) is 23.4. The highest BCUT2D eigenvalue weighted by Crippen LogP contribution is 2.53. The molecule has 0 bridgehead atoms. The molecule has 9 rings (SSSR count). The third-order valence-corrected chi connectivity index (χ3v) is 10.4. The topological polar surface area (TPSA) is 12.9 Å². The summed E-state index contributed by atoms with van der Waals surface area (Å²) in [7, 11) is 0. The normalized spacial score (nSPS) is 17.6. The minimum absolute atomic E-state index is 0.106. The fraction of sp³-hybridized carbons (Fsp3) is 0.128. The second-order valence-electron chi connectivity index (χ2n) is 14.4. The molecule has 1 heterocycles. The third kappa shape index (κ3) is 4.73. The lowest BCUT2D eigenvalue weighted by Crippen LogP contribution is -2.25. The number of rotatable bonds is 4. The van der Waals surface area contributed by atoms with E-state index < -0.39 is 0 Å². The molecule has 3 aliphatic rings. The fourth-order valence-electron chi connectivity index (χ4n) is 7.94. The van der Waals surface area contributed by atoms with Gasteiger partial charge in [0, 0.05) is 23.6 Å². The van der Waals surface area contributed by atoms with Crippen molar-refractivity contribution in [2.45, 2.75) is 26.7 Å². The molecule has 48 heavy (non-hydrogen) atoms. The Balaban J connectivity index is 1.21. The molecule has 0 N–H and O–H groups in total. The Morgan fingerprint density at radius 2 is 1.23 bits per heavy atom. The fourth-order valence-corrected chi connectivity index (χ4v) is 7.94. The zero-order chi connectivity index (χ0) is 32.4. The van der Waals surface area contributed by atoms with E-state index in [0.29, 0.717) is 11.8 Å². The van der Waals surface area contributed by atoms with Gasteiger partial charge in [-0.3, -0.25) is 4.98 Å². The lowest BCUT2D eigenvalue weighted by atomic mass is 9.64. The van der Waals surface area contributed by atoms with Crippen LogP contribution < -0.4 is 0 Å². The van der Waals surface area contributed by atoms with Gasteiger partial charge in [0.1, 0.15) is 0 Å². The van der Waals surface area contributed by atoms with Crippen LogP contribution in [0.15, 0.2) is 157 Å². The molecule has 0 aliphatic heterocycles. The maximum atomic E-state index is 4.59. The van der Waals surface area contributed by atoms with Gasteiger partial charge in [0.05, 0.1) is 5.69 Å². The molecule has 0 spiro atoms. The van der Waals surface area contributed by atoms with Crippen molar-refractivity contribution in [1.29, 1.82) is 0 Å². The van der Waals surface area contributed by atoms with Gasteiger partial charge in [-0.2, -0.15) is 0 Å². The highest BCUT2D eigenvalue weighted by molar-refractivity contribution is 5.97. The Morgan fingerprint density at radius 3 is 1.94 bits per heavy atom. The van der Waals surface area contributed by atoms with Gasteiger partial charge < -0.3 is 0 Å². The minimum Gasteiger partial charge on any atom is -0.256 e. The van der Waals surface area contributed by atoms with Crippen molar-refractivity contribution in [3.05, 3.63) is 174 Å². The molecule has 230 valence electrons. The van der Waals surface area contributed by atoms with E-state index >= 15 is 0 Å². The van der Waals surface area contributed by atoms with Crippen LogP contribution in [-0.4, -0.2) is 4.98 Å². The van der Waals surface area contributed by atoms with Gasteiger partial charge in [-0.25, -0.2) is 0 Å². The van der Waals surface area contributed by atoms with Crippen LogP contribution in [-0.2, 0) is 0 Å². The Kier molecular flexibility index (Phi) is 6.59. The van der Waals surface area contributed by atoms with Crippen molar-refractivity contribution < 1.29 is 0 Å². The number of aromatic nitrogens is 1. The Morgan fingerprint density at radius 1 is 0.583 bits per heavy atom. The summed E-state index contributed by atoms with van der Waals surface area (Å²) in [6, 6.07) is 41.9. The molecule has 0 fully saturated rings. The predicted molar refractivity (Wildman–Crippen MR) is 203 cm³/mol. The standard InChI is InChI=1S/C47H37N/c1-47(2,3)37-27-35-22-24-40-42(32-16-14-31(15-17-32)39-12-8-10-30-9-4-5-11-38(30)39)29-43(41-25-23-36(28-37)45(35)46(40)41)33-18-20-34(21-19-33)44-13-6-7-26-48-44/h4-29,35,45H,1-3H3. The van der Waals surface area contributed by atoms with Crippen molar-refractivity contribution >= 4 is 22.9 Å². The average Bonchev–Trinajstić information content (AvgIpc) is 3.13. The van der Waals surface area contributed by atoms with E-state index in [2.05, 4.69) is 165 Å². The number of allylic oxidation sites excluding steroid dienone is 6. The van der Waals surface area contributed by atoms with Crippen LogP contribution in [0.25, 0.3) is 67.6 Å². The SMILES string of the molecule is CC(C)(C)C1=CC2C=Cc3c(-c4ccc(-c5cccc6ccccc56)cc4)cc(-c4ccc(-c5ccccn5)cc4)c4c3C2C(=C1)C=C4. The Bertz CT molecular complexity index is 2340. The van der Waals surface area contributed by atoms with Gasteiger partial charge in [0.2, 0.25) is 0 Å². The Labute approximate surface area is 283 Å². The van der Waals surface area contributed by atoms with Gasteiger partial charge in [0.15, 0.2) is 0 Å². The van der Waals surface area contributed by atoms with Crippen LogP contribution >= 0.6 is 0 Å². The largest absolute Gasteiger partial charge is 0.256 e. The van der Waals surface area contributed by atoms with E-state index in [1.807, 2.05) is 18.3 Å². The molecule has 0 saturated heterocycles. The number of hydrogen-bond donors (Lipinski definition) is 0. The summed E-state index contributed by atoms with van der Waals surface area (Å²) < 4.78 is 0. The van der Waals surface area contributed by atoms with E-state index in [0.717, 1.165) is 11.3 Å². The van der Waals surface area contributed by atoms with Crippen LogP contribution in [0.1, 0.15) is 43.4 Å². The van der Waals surface area contributed by atoms with Gasteiger partial charge in [-0.1, -0.05) is 154 Å². The number of benzene rings is 5. The predicted octanol–water partition coefficient (Wildman–Crippen LogP) is 12.6. The minimum atomic E-state index is 0.106. The number of nitrogens with zero attached hydrogens (tertiary/aromatic N) is 1. The second-order valence-corrected chi connectivity index (χ2v) is 14.4. The maximum absolute atomic E-state index is 4.59. The summed E-state index contributed by atoms with van der Waals surface area (Å²) in [5.41, 5.74) is 16.8. The second kappa shape index (κ2) is 11.0. The van der Waals surface area contributed by atoms with Crippen molar-refractivity contribution in [2.75, 3.05) is 0 Å². The molecule has 6 aromatic rings. The molecular formula is C47H37N. The van der Waals surface area contributed by atoms with Crippen molar-refractivity contribution in [3.8, 4) is 44.6 Å². The summed E-state index contributed by atoms with van der Waals surface area (Å²) >= 11 is 0. The smallest absolute Gasteiger partial charge is 0.0701 e. The highest BCUT2D eigenvalue weighted by Gasteiger charge is 2.37. The number of fused-ring (bicyclic) bond motifs is 1. The van der Waals surface area contributed by atoms with Gasteiger partial charge in [0.25, 0.3) is 0 Å². The summed E-state index contributed by atoms with van der Waals surface area (Å²) in [6.07, 6.45) is 16.4. The van der Waals surface area contributed by atoms with Crippen LogP contribution in [0, 0.1) is 11.3 Å². The van der Waals surface area contributed by atoms with E-state index in [9.17, 15) is 0 Å². The first-order valence-electron chi connectivity index (χ1n) is 17.0. The molecular weight excluding hydrogens is 579 g/mol. The lowest BCUT2D eigenvalue weighted by Gasteiger charge is -2.39.